The van der Waals surface area contributed by atoms with Crippen LogP contribution in [0.5, 0.6) is 0 Å². The second kappa shape index (κ2) is 4.86. The summed E-state index contributed by atoms with van der Waals surface area (Å²) in [5.74, 6) is 0. The van der Waals surface area contributed by atoms with Crippen LogP contribution in [-0.2, 0) is 17.5 Å². The number of hydrogen-bond donors (Lipinski definition) is 2. The molecule has 3 nitrogen and oxygen atoms in total. The molecule has 0 unspecified atom stereocenters. The van der Waals surface area contributed by atoms with E-state index in [2.05, 4.69) is 4.74 Å². The van der Waals surface area contributed by atoms with Gasteiger partial charge in [-0.3, -0.25) is 0 Å². The summed E-state index contributed by atoms with van der Waals surface area (Å²) in [6.45, 7) is -0.184. The highest BCUT2D eigenvalue weighted by atomic mass is 19.4. The molecule has 0 saturated heterocycles. The van der Waals surface area contributed by atoms with E-state index in [-0.39, 0.29) is 17.6 Å². The van der Waals surface area contributed by atoms with E-state index in [1.165, 1.54) is 19.2 Å². The van der Waals surface area contributed by atoms with E-state index in [9.17, 15) is 13.2 Å². The van der Waals surface area contributed by atoms with Crippen molar-refractivity contribution in [2.45, 2.75) is 12.8 Å². The third-order valence-electron chi connectivity index (χ3n) is 2.04. The summed E-state index contributed by atoms with van der Waals surface area (Å²) in [6, 6.07) is 3.09. The first-order valence-corrected chi connectivity index (χ1v) is 4.41. The molecule has 2 N–H and O–H groups in total. The SMILES string of the molecule is COCc1ccc(B(O)O)cc1C(F)(F)F. The average Bonchev–Trinajstić information content (AvgIpc) is 2.16. The highest BCUT2D eigenvalue weighted by molar-refractivity contribution is 6.58. The van der Waals surface area contributed by atoms with Crippen molar-refractivity contribution in [3.8, 4) is 0 Å². The predicted octanol–water partition coefficient (Wildman–Crippen LogP) is 0.532. The van der Waals surface area contributed by atoms with Crippen LogP contribution in [0.2, 0.25) is 0 Å². The van der Waals surface area contributed by atoms with E-state index in [1.807, 2.05) is 0 Å². The summed E-state index contributed by atoms with van der Waals surface area (Å²) < 4.78 is 42.4. The topological polar surface area (TPSA) is 49.7 Å². The highest BCUT2D eigenvalue weighted by Crippen LogP contribution is 2.31. The van der Waals surface area contributed by atoms with Gasteiger partial charge in [0.15, 0.2) is 0 Å². The third-order valence-corrected chi connectivity index (χ3v) is 2.04. The Balaban J connectivity index is 3.21. The van der Waals surface area contributed by atoms with Crippen molar-refractivity contribution >= 4 is 12.6 Å². The molecule has 0 radical (unpaired) electrons. The molecule has 1 aromatic carbocycles. The van der Waals surface area contributed by atoms with Crippen LogP contribution < -0.4 is 5.46 Å². The van der Waals surface area contributed by atoms with Crippen LogP contribution in [0.15, 0.2) is 18.2 Å². The van der Waals surface area contributed by atoms with Crippen LogP contribution in [0, 0.1) is 0 Å². The van der Waals surface area contributed by atoms with Gasteiger partial charge in [0.05, 0.1) is 12.2 Å². The third kappa shape index (κ3) is 2.97. The van der Waals surface area contributed by atoms with E-state index in [0.717, 1.165) is 0 Å². The number of hydrogen-bond acceptors (Lipinski definition) is 3. The second-order valence-corrected chi connectivity index (χ2v) is 3.22. The average molecular weight is 234 g/mol. The van der Waals surface area contributed by atoms with Crippen LogP contribution in [0.3, 0.4) is 0 Å². The number of ether oxygens (including phenoxy) is 1. The van der Waals surface area contributed by atoms with E-state index >= 15 is 0 Å². The zero-order valence-corrected chi connectivity index (χ0v) is 8.45. The smallest absolute Gasteiger partial charge is 0.423 e. The van der Waals surface area contributed by atoms with Crippen LogP contribution in [0.25, 0.3) is 0 Å². The Kier molecular flexibility index (Phi) is 3.95. The van der Waals surface area contributed by atoms with Gasteiger partial charge >= 0.3 is 13.3 Å². The van der Waals surface area contributed by atoms with Crippen molar-refractivity contribution in [3.05, 3.63) is 29.3 Å². The van der Waals surface area contributed by atoms with Gasteiger partial charge in [0.1, 0.15) is 0 Å². The van der Waals surface area contributed by atoms with Gasteiger partial charge in [-0.2, -0.15) is 13.2 Å². The molecule has 88 valence electrons. The molecule has 1 aromatic rings. The van der Waals surface area contributed by atoms with Crippen molar-refractivity contribution in [2.24, 2.45) is 0 Å². The number of benzene rings is 1. The standard InChI is InChI=1S/C9H10BF3O3/c1-16-5-6-2-3-7(10(14)15)4-8(6)9(11,12)13/h2-4,14-15H,5H2,1H3. The second-order valence-electron chi connectivity index (χ2n) is 3.22. The Hall–Kier alpha value is -1.05. The van der Waals surface area contributed by atoms with E-state index in [0.29, 0.717) is 6.07 Å². The maximum atomic E-state index is 12.6. The van der Waals surface area contributed by atoms with Gasteiger partial charge in [0, 0.05) is 7.11 Å². The van der Waals surface area contributed by atoms with Gasteiger partial charge in [0.2, 0.25) is 0 Å². The van der Waals surface area contributed by atoms with Crippen molar-refractivity contribution in [2.75, 3.05) is 7.11 Å². The zero-order valence-electron chi connectivity index (χ0n) is 8.45. The molecule has 0 fully saturated rings. The van der Waals surface area contributed by atoms with E-state index < -0.39 is 18.9 Å². The monoisotopic (exact) mass is 234 g/mol. The first kappa shape index (κ1) is 13.0. The van der Waals surface area contributed by atoms with Crippen LogP contribution in [0.1, 0.15) is 11.1 Å². The molecule has 0 aliphatic rings. The van der Waals surface area contributed by atoms with Crippen molar-refractivity contribution in [1.29, 1.82) is 0 Å². The lowest BCUT2D eigenvalue weighted by Gasteiger charge is -2.13. The minimum Gasteiger partial charge on any atom is -0.423 e. The van der Waals surface area contributed by atoms with Gasteiger partial charge < -0.3 is 14.8 Å². The highest BCUT2D eigenvalue weighted by Gasteiger charge is 2.34. The normalized spacial score (nSPS) is 11.6. The molecule has 0 atom stereocenters. The molecule has 0 aliphatic heterocycles. The largest absolute Gasteiger partial charge is 0.488 e. The lowest BCUT2D eigenvalue weighted by molar-refractivity contribution is -0.138. The van der Waals surface area contributed by atoms with Gasteiger partial charge in [0.25, 0.3) is 0 Å². The summed E-state index contributed by atoms with van der Waals surface area (Å²) in [5.41, 5.74) is -1.16. The first-order chi connectivity index (χ1) is 7.36. The van der Waals surface area contributed by atoms with Gasteiger partial charge in [-0.25, -0.2) is 0 Å². The first-order valence-electron chi connectivity index (χ1n) is 4.41. The molecule has 0 aliphatic carbocycles. The fourth-order valence-corrected chi connectivity index (χ4v) is 1.30. The maximum absolute atomic E-state index is 12.6. The molecule has 0 amide bonds. The molecule has 0 aromatic heterocycles. The summed E-state index contributed by atoms with van der Waals surface area (Å²) in [5, 5.41) is 17.6. The van der Waals surface area contributed by atoms with Crippen LogP contribution in [-0.4, -0.2) is 24.3 Å². The van der Waals surface area contributed by atoms with E-state index in [1.54, 1.807) is 0 Å². The minimum absolute atomic E-state index is 0.0422. The van der Waals surface area contributed by atoms with Gasteiger partial charge in [-0.15, -0.1) is 0 Å². The number of rotatable bonds is 3. The number of methoxy groups -OCH3 is 1. The van der Waals surface area contributed by atoms with Crippen molar-refractivity contribution in [1.82, 2.24) is 0 Å². The number of halogens is 3. The predicted molar refractivity (Wildman–Crippen MR) is 52.0 cm³/mol. The summed E-state index contributed by atoms with van der Waals surface area (Å²) in [4.78, 5) is 0. The van der Waals surface area contributed by atoms with Gasteiger partial charge in [-0.1, -0.05) is 12.1 Å². The number of alkyl halides is 3. The van der Waals surface area contributed by atoms with Crippen molar-refractivity contribution < 1.29 is 28.0 Å². The zero-order chi connectivity index (χ0) is 12.3. The molecular formula is C9H10BF3O3. The lowest BCUT2D eigenvalue weighted by Crippen LogP contribution is -2.31. The Morgan fingerprint density at radius 2 is 1.94 bits per heavy atom. The van der Waals surface area contributed by atoms with Gasteiger partial charge in [-0.05, 0) is 17.1 Å². The van der Waals surface area contributed by atoms with Crippen LogP contribution in [0.4, 0.5) is 13.2 Å². The summed E-state index contributed by atoms with van der Waals surface area (Å²) in [7, 11) is -0.632. The molecule has 1 rings (SSSR count). The van der Waals surface area contributed by atoms with Crippen molar-refractivity contribution in [3.63, 3.8) is 0 Å². The molecule has 0 saturated carbocycles. The summed E-state index contributed by atoms with van der Waals surface area (Å²) >= 11 is 0. The molecule has 0 bridgehead atoms. The van der Waals surface area contributed by atoms with E-state index in [4.69, 9.17) is 10.0 Å². The fraction of sp³-hybridized carbons (Fsp3) is 0.333. The summed E-state index contributed by atoms with van der Waals surface area (Å²) in [6.07, 6.45) is -4.54. The Bertz CT molecular complexity index is 366. The molecule has 7 heteroatoms. The Labute approximate surface area is 90.6 Å². The molecule has 16 heavy (non-hydrogen) atoms. The quantitative estimate of drug-likeness (QED) is 0.750. The molecular weight excluding hydrogens is 224 g/mol. The molecule has 0 heterocycles. The molecule has 0 spiro atoms. The minimum atomic E-state index is -4.54. The maximum Gasteiger partial charge on any atom is 0.488 e. The Morgan fingerprint density at radius 3 is 2.38 bits per heavy atom. The fourth-order valence-electron chi connectivity index (χ4n) is 1.30. The lowest BCUT2D eigenvalue weighted by atomic mass is 9.79. The van der Waals surface area contributed by atoms with Crippen LogP contribution >= 0.6 is 0 Å². The Morgan fingerprint density at radius 1 is 1.31 bits per heavy atom.